The van der Waals surface area contributed by atoms with Crippen LogP contribution in [0.3, 0.4) is 0 Å². The predicted octanol–water partition coefficient (Wildman–Crippen LogP) is 9.49. The van der Waals surface area contributed by atoms with Crippen LogP contribution in [0.4, 0.5) is 0 Å². The van der Waals surface area contributed by atoms with E-state index in [-0.39, 0.29) is 0 Å². The molecule has 0 atom stereocenters. The van der Waals surface area contributed by atoms with Crippen LogP contribution in [0.1, 0.15) is 112 Å². The van der Waals surface area contributed by atoms with Crippen molar-refractivity contribution in [1.29, 1.82) is 0 Å². The summed E-state index contributed by atoms with van der Waals surface area (Å²) in [6, 6.07) is 14.2. The van der Waals surface area contributed by atoms with Crippen LogP contribution in [0, 0.1) is 0 Å². The minimum Gasteiger partial charge on any atom is -0.152 e. The van der Waals surface area contributed by atoms with Gasteiger partial charge in [-0.25, -0.2) is 0 Å². The summed E-state index contributed by atoms with van der Waals surface area (Å²) in [5, 5.41) is 0. The van der Waals surface area contributed by atoms with Gasteiger partial charge in [-0.3, -0.25) is 0 Å². The molecule has 2 rings (SSSR count). The Labute approximate surface area is 197 Å². The van der Waals surface area contributed by atoms with Crippen molar-refractivity contribution < 1.29 is 0 Å². The molecule has 0 unspecified atom stereocenters. The summed E-state index contributed by atoms with van der Waals surface area (Å²) in [5.74, 6) is 2.29. The second kappa shape index (κ2) is 15.6. The molecular formula is C30H46S. The Bertz CT molecular complexity index is 683. The monoisotopic (exact) mass is 438 g/mol. The summed E-state index contributed by atoms with van der Waals surface area (Å²) in [5.41, 5.74) is 9.71. The number of hydrogen-bond acceptors (Lipinski definition) is 1. The minimum absolute atomic E-state index is 1.14. The molecule has 31 heavy (non-hydrogen) atoms. The highest BCUT2D eigenvalue weighted by Crippen LogP contribution is 2.28. The van der Waals surface area contributed by atoms with Gasteiger partial charge in [-0.1, -0.05) is 89.8 Å². The van der Waals surface area contributed by atoms with Crippen molar-refractivity contribution >= 4 is 11.8 Å². The molecule has 0 bridgehead atoms. The lowest BCUT2D eigenvalue weighted by Crippen LogP contribution is -2.02. The molecule has 0 spiro atoms. The number of hydrogen-bond donors (Lipinski definition) is 0. The van der Waals surface area contributed by atoms with Gasteiger partial charge in [0.2, 0.25) is 0 Å². The first-order chi connectivity index (χ1) is 15.2. The van der Waals surface area contributed by atoms with E-state index in [1.165, 1.54) is 77.0 Å². The van der Waals surface area contributed by atoms with Gasteiger partial charge >= 0.3 is 0 Å². The van der Waals surface area contributed by atoms with E-state index in [4.69, 9.17) is 0 Å². The van der Waals surface area contributed by atoms with E-state index in [2.05, 4.69) is 75.9 Å². The molecule has 0 aliphatic carbocycles. The quantitative estimate of drug-likeness (QED) is 0.251. The van der Waals surface area contributed by atoms with Crippen LogP contribution in [0.2, 0.25) is 0 Å². The van der Waals surface area contributed by atoms with Crippen LogP contribution < -0.4 is 0 Å². The lowest BCUT2D eigenvalue weighted by molar-refractivity contribution is 0.753. The van der Waals surface area contributed by atoms with E-state index >= 15 is 0 Å². The average molecular weight is 439 g/mol. The first kappa shape index (κ1) is 26.0. The van der Waals surface area contributed by atoms with E-state index in [0.717, 1.165) is 11.5 Å². The fourth-order valence-corrected chi connectivity index (χ4v) is 5.55. The molecule has 2 aromatic rings. The van der Waals surface area contributed by atoms with E-state index < -0.39 is 0 Å². The highest BCUT2D eigenvalue weighted by Gasteiger charge is 2.11. The van der Waals surface area contributed by atoms with Crippen molar-refractivity contribution in [3.8, 4) is 0 Å². The number of unbranched alkanes of at least 4 members (excludes halogenated alkanes) is 4. The third kappa shape index (κ3) is 8.68. The van der Waals surface area contributed by atoms with E-state index in [9.17, 15) is 0 Å². The standard InChI is InChI=1S/C30H46S/c1-5-9-15-25-17-13-19-27(29(25)21-11-7-3)23-31-24-28-20-14-18-26(16-10-6-2)30(28)22-12-8-4/h13-14,17-20H,5-12,15-16,21-24H2,1-4H3. The first-order valence-electron chi connectivity index (χ1n) is 13.0. The van der Waals surface area contributed by atoms with Crippen LogP contribution >= 0.6 is 11.8 Å². The van der Waals surface area contributed by atoms with Gasteiger partial charge in [-0.2, -0.15) is 11.8 Å². The normalized spacial score (nSPS) is 11.2. The topological polar surface area (TPSA) is 0 Å². The number of aryl methyl sites for hydroxylation is 2. The Hall–Kier alpha value is -1.21. The zero-order valence-electron chi connectivity index (χ0n) is 20.8. The molecule has 0 aromatic heterocycles. The third-order valence-electron chi connectivity index (χ3n) is 6.42. The van der Waals surface area contributed by atoms with E-state index in [0.29, 0.717) is 0 Å². The lowest BCUT2D eigenvalue weighted by atomic mass is 9.94. The maximum atomic E-state index is 2.39. The van der Waals surface area contributed by atoms with Crippen molar-refractivity contribution in [1.82, 2.24) is 0 Å². The molecule has 0 aliphatic heterocycles. The Balaban J connectivity index is 2.13. The summed E-state index contributed by atoms with van der Waals surface area (Å²) < 4.78 is 0. The van der Waals surface area contributed by atoms with Crippen molar-refractivity contribution in [2.75, 3.05) is 0 Å². The van der Waals surface area contributed by atoms with Gasteiger partial charge in [0.15, 0.2) is 0 Å². The van der Waals surface area contributed by atoms with Crippen LogP contribution in [-0.4, -0.2) is 0 Å². The Morgan fingerprint density at radius 1 is 0.484 bits per heavy atom. The molecule has 0 heterocycles. The number of benzene rings is 2. The minimum atomic E-state index is 1.14. The third-order valence-corrected chi connectivity index (χ3v) is 7.45. The van der Waals surface area contributed by atoms with Crippen molar-refractivity contribution in [3.63, 3.8) is 0 Å². The van der Waals surface area contributed by atoms with Gasteiger partial charge in [-0.05, 0) is 84.7 Å². The highest BCUT2D eigenvalue weighted by molar-refractivity contribution is 7.97. The van der Waals surface area contributed by atoms with Crippen molar-refractivity contribution in [3.05, 3.63) is 69.8 Å². The number of thioether (sulfide) groups is 1. The van der Waals surface area contributed by atoms with E-state index in [1.54, 1.807) is 33.4 Å². The Kier molecular flexibility index (Phi) is 13.1. The maximum Gasteiger partial charge on any atom is 0.0190 e. The maximum absolute atomic E-state index is 2.39. The van der Waals surface area contributed by atoms with Gasteiger partial charge in [0.1, 0.15) is 0 Å². The highest BCUT2D eigenvalue weighted by atomic mass is 32.2. The summed E-state index contributed by atoms with van der Waals surface area (Å²) >= 11 is 2.12. The van der Waals surface area contributed by atoms with Crippen LogP contribution in [-0.2, 0) is 37.2 Å². The first-order valence-corrected chi connectivity index (χ1v) is 14.2. The Morgan fingerprint density at radius 2 is 0.839 bits per heavy atom. The van der Waals surface area contributed by atoms with Crippen molar-refractivity contribution in [2.24, 2.45) is 0 Å². The van der Waals surface area contributed by atoms with Gasteiger partial charge in [-0.15, -0.1) is 0 Å². The van der Waals surface area contributed by atoms with Gasteiger partial charge in [0.05, 0.1) is 0 Å². The summed E-state index contributed by atoms with van der Waals surface area (Å²) in [6.07, 6.45) is 15.3. The van der Waals surface area contributed by atoms with Gasteiger partial charge in [0, 0.05) is 11.5 Å². The number of rotatable bonds is 16. The zero-order valence-corrected chi connectivity index (χ0v) is 21.6. The van der Waals surface area contributed by atoms with Crippen LogP contribution in [0.25, 0.3) is 0 Å². The fourth-order valence-electron chi connectivity index (χ4n) is 4.47. The van der Waals surface area contributed by atoms with Gasteiger partial charge in [0.25, 0.3) is 0 Å². The molecule has 0 aliphatic rings. The summed E-state index contributed by atoms with van der Waals surface area (Å²) in [4.78, 5) is 0. The predicted molar refractivity (Wildman–Crippen MR) is 142 cm³/mol. The van der Waals surface area contributed by atoms with Crippen LogP contribution in [0.5, 0.6) is 0 Å². The molecule has 0 fully saturated rings. The molecular weight excluding hydrogens is 392 g/mol. The SMILES string of the molecule is CCCCc1cccc(CSCc2cccc(CCCC)c2CCCC)c1CCCC. The van der Waals surface area contributed by atoms with Crippen molar-refractivity contribution in [2.45, 2.75) is 116 Å². The molecule has 0 amide bonds. The second-order valence-electron chi connectivity index (χ2n) is 9.02. The molecule has 2 aromatic carbocycles. The smallest absolute Gasteiger partial charge is 0.0190 e. The van der Waals surface area contributed by atoms with Gasteiger partial charge < -0.3 is 0 Å². The molecule has 172 valence electrons. The van der Waals surface area contributed by atoms with Crippen LogP contribution in [0.15, 0.2) is 36.4 Å². The molecule has 0 N–H and O–H groups in total. The fraction of sp³-hybridized carbons (Fsp3) is 0.600. The van der Waals surface area contributed by atoms with E-state index in [1.807, 2.05) is 0 Å². The molecule has 0 saturated heterocycles. The Morgan fingerprint density at radius 3 is 1.23 bits per heavy atom. The largest absolute Gasteiger partial charge is 0.152 e. The summed E-state index contributed by atoms with van der Waals surface area (Å²) in [6.45, 7) is 9.23. The lowest BCUT2D eigenvalue weighted by Gasteiger charge is -2.17. The molecule has 0 saturated carbocycles. The zero-order chi connectivity index (χ0) is 22.3. The summed E-state index contributed by atoms with van der Waals surface area (Å²) in [7, 11) is 0. The molecule has 0 radical (unpaired) electrons. The molecule has 0 nitrogen and oxygen atoms in total. The second-order valence-corrected chi connectivity index (χ2v) is 10.0. The average Bonchev–Trinajstić information content (AvgIpc) is 2.79. The molecule has 1 heteroatoms.